The average Bonchev–Trinajstić information content (AvgIpc) is 2.57. The van der Waals surface area contributed by atoms with Crippen molar-refractivity contribution < 1.29 is 0 Å². The molecule has 0 saturated carbocycles. The summed E-state index contributed by atoms with van der Waals surface area (Å²) in [6.07, 6.45) is 0. The summed E-state index contributed by atoms with van der Waals surface area (Å²) in [6.45, 7) is 3.99. The van der Waals surface area contributed by atoms with Crippen molar-refractivity contribution in [2.45, 2.75) is 13.8 Å². The summed E-state index contributed by atoms with van der Waals surface area (Å²) in [6, 6.07) is 7.80. The van der Waals surface area contributed by atoms with Crippen LogP contribution in [0.5, 0.6) is 0 Å². The van der Waals surface area contributed by atoms with E-state index in [0.717, 1.165) is 27.1 Å². The topological polar surface area (TPSA) is 43.8 Å². The summed E-state index contributed by atoms with van der Waals surface area (Å²) in [4.78, 5) is 0.394. The highest BCUT2D eigenvalue weighted by molar-refractivity contribution is 9.10. The first kappa shape index (κ1) is 12.3. The van der Waals surface area contributed by atoms with E-state index < -0.39 is 0 Å². The molecule has 2 aromatic rings. The molecule has 0 amide bonds. The SMILES string of the molecule is Cc1cc(C)n(-c2ccc(C(N)=S)cc2Br)n1. The lowest BCUT2D eigenvalue weighted by Gasteiger charge is -2.08. The lowest BCUT2D eigenvalue weighted by atomic mass is 10.2. The second kappa shape index (κ2) is 4.58. The fourth-order valence-electron chi connectivity index (χ4n) is 1.70. The summed E-state index contributed by atoms with van der Waals surface area (Å²) >= 11 is 8.47. The van der Waals surface area contributed by atoms with Gasteiger partial charge in [0.25, 0.3) is 0 Å². The molecule has 0 saturated heterocycles. The maximum Gasteiger partial charge on any atom is 0.104 e. The summed E-state index contributed by atoms with van der Waals surface area (Å²) in [5.41, 5.74) is 9.50. The first-order chi connectivity index (χ1) is 7.99. The van der Waals surface area contributed by atoms with E-state index in [1.807, 2.05) is 42.8 Å². The average molecular weight is 310 g/mol. The molecule has 0 aliphatic rings. The predicted octanol–water partition coefficient (Wildman–Crippen LogP) is 2.89. The van der Waals surface area contributed by atoms with E-state index in [1.54, 1.807) is 0 Å². The van der Waals surface area contributed by atoms with Crippen LogP contribution in [0.4, 0.5) is 0 Å². The first-order valence-corrected chi connectivity index (χ1v) is 6.32. The van der Waals surface area contributed by atoms with Crippen molar-refractivity contribution in [2.75, 3.05) is 0 Å². The van der Waals surface area contributed by atoms with Crippen molar-refractivity contribution in [1.29, 1.82) is 0 Å². The van der Waals surface area contributed by atoms with Crippen LogP contribution in [0.15, 0.2) is 28.7 Å². The lowest BCUT2D eigenvalue weighted by Crippen LogP contribution is -2.10. The van der Waals surface area contributed by atoms with Crippen molar-refractivity contribution in [3.8, 4) is 5.69 Å². The number of hydrogen-bond acceptors (Lipinski definition) is 2. The molecule has 1 aromatic heterocycles. The number of nitrogens with zero attached hydrogens (tertiary/aromatic N) is 2. The van der Waals surface area contributed by atoms with Gasteiger partial charge in [0.15, 0.2) is 0 Å². The van der Waals surface area contributed by atoms with Gasteiger partial charge in [-0.25, -0.2) is 4.68 Å². The Labute approximate surface area is 114 Å². The van der Waals surface area contributed by atoms with Crippen LogP contribution in [-0.2, 0) is 0 Å². The Bertz CT molecular complexity index is 589. The van der Waals surface area contributed by atoms with Gasteiger partial charge in [0.2, 0.25) is 0 Å². The molecule has 0 bridgehead atoms. The smallest absolute Gasteiger partial charge is 0.104 e. The highest BCUT2D eigenvalue weighted by Crippen LogP contribution is 2.23. The van der Waals surface area contributed by atoms with Crippen LogP contribution in [0.3, 0.4) is 0 Å². The number of rotatable bonds is 2. The Morgan fingerprint density at radius 1 is 1.35 bits per heavy atom. The van der Waals surface area contributed by atoms with Crippen molar-refractivity contribution in [2.24, 2.45) is 5.73 Å². The minimum atomic E-state index is 0.394. The second-order valence-corrected chi connectivity index (χ2v) is 5.16. The number of halogens is 1. The van der Waals surface area contributed by atoms with E-state index in [1.165, 1.54) is 0 Å². The molecule has 17 heavy (non-hydrogen) atoms. The molecule has 88 valence electrons. The number of thiocarbonyl (C=S) groups is 1. The van der Waals surface area contributed by atoms with Gasteiger partial charge >= 0.3 is 0 Å². The Hall–Kier alpha value is -1.20. The predicted molar refractivity (Wildman–Crippen MR) is 76.6 cm³/mol. The van der Waals surface area contributed by atoms with Gasteiger partial charge in [-0.3, -0.25) is 0 Å². The summed E-state index contributed by atoms with van der Waals surface area (Å²) < 4.78 is 2.82. The van der Waals surface area contributed by atoms with Crippen LogP contribution in [-0.4, -0.2) is 14.8 Å². The number of benzene rings is 1. The second-order valence-electron chi connectivity index (χ2n) is 3.87. The molecule has 0 aliphatic heterocycles. The molecule has 0 spiro atoms. The summed E-state index contributed by atoms with van der Waals surface area (Å²) in [5, 5.41) is 4.44. The fraction of sp³-hybridized carbons (Fsp3) is 0.167. The van der Waals surface area contributed by atoms with E-state index in [2.05, 4.69) is 21.0 Å². The molecule has 0 fully saturated rings. The van der Waals surface area contributed by atoms with Gasteiger partial charge in [-0.15, -0.1) is 0 Å². The van der Waals surface area contributed by atoms with Crippen LogP contribution >= 0.6 is 28.1 Å². The van der Waals surface area contributed by atoms with Gasteiger partial charge in [-0.1, -0.05) is 12.2 Å². The molecule has 2 N–H and O–H groups in total. The Morgan fingerprint density at radius 2 is 2.06 bits per heavy atom. The molecule has 0 unspecified atom stereocenters. The standard InChI is InChI=1S/C12H12BrN3S/c1-7-5-8(2)16(15-7)11-4-3-9(12(14)17)6-10(11)13/h3-6H,1-2H3,(H2,14,17). The molecule has 0 radical (unpaired) electrons. The van der Waals surface area contributed by atoms with Gasteiger partial charge in [0, 0.05) is 15.7 Å². The molecule has 5 heteroatoms. The number of aromatic nitrogens is 2. The van der Waals surface area contributed by atoms with E-state index in [-0.39, 0.29) is 0 Å². The maximum atomic E-state index is 5.59. The minimum Gasteiger partial charge on any atom is -0.389 e. The van der Waals surface area contributed by atoms with Gasteiger partial charge in [-0.05, 0) is 54.0 Å². The summed E-state index contributed by atoms with van der Waals surface area (Å²) in [5.74, 6) is 0. The number of nitrogens with two attached hydrogens (primary N) is 1. The van der Waals surface area contributed by atoms with Crippen molar-refractivity contribution in [3.63, 3.8) is 0 Å². The third-order valence-electron chi connectivity index (χ3n) is 2.47. The van der Waals surface area contributed by atoms with Crippen molar-refractivity contribution in [3.05, 3.63) is 45.7 Å². The lowest BCUT2D eigenvalue weighted by molar-refractivity contribution is 0.830. The van der Waals surface area contributed by atoms with Gasteiger partial charge < -0.3 is 5.73 Å². The summed E-state index contributed by atoms with van der Waals surface area (Å²) in [7, 11) is 0. The zero-order chi connectivity index (χ0) is 12.6. The third-order valence-corrected chi connectivity index (χ3v) is 3.34. The molecular weight excluding hydrogens is 298 g/mol. The van der Waals surface area contributed by atoms with E-state index >= 15 is 0 Å². The molecule has 3 nitrogen and oxygen atoms in total. The van der Waals surface area contributed by atoms with Crippen LogP contribution in [0, 0.1) is 13.8 Å². The number of hydrogen-bond donors (Lipinski definition) is 1. The highest BCUT2D eigenvalue weighted by Gasteiger charge is 2.08. The Balaban J connectivity index is 2.54. The molecule has 0 aliphatic carbocycles. The first-order valence-electron chi connectivity index (χ1n) is 5.12. The van der Waals surface area contributed by atoms with Crippen LogP contribution in [0.25, 0.3) is 5.69 Å². The molecular formula is C12H12BrN3S. The normalized spacial score (nSPS) is 10.5. The molecule has 1 heterocycles. The Morgan fingerprint density at radius 3 is 2.53 bits per heavy atom. The minimum absolute atomic E-state index is 0.394. The van der Waals surface area contributed by atoms with Crippen LogP contribution < -0.4 is 5.73 Å². The van der Waals surface area contributed by atoms with Crippen LogP contribution in [0.2, 0.25) is 0 Å². The molecule has 2 rings (SSSR count). The zero-order valence-electron chi connectivity index (χ0n) is 9.57. The fourth-order valence-corrected chi connectivity index (χ4v) is 2.38. The van der Waals surface area contributed by atoms with E-state index in [9.17, 15) is 0 Å². The van der Waals surface area contributed by atoms with Crippen LogP contribution in [0.1, 0.15) is 17.0 Å². The largest absolute Gasteiger partial charge is 0.389 e. The van der Waals surface area contributed by atoms with Crippen molar-refractivity contribution >= 4 is 33.1 Å². The van der Waals surface area contributed by atoms with E-state index in [0.29, 0.717) is 4.99 Å². The van der Waals surface area contributed by atoms with E-state index in [4.69, 9.17) is 18.0 Å². The zero-order valence-corrected chi connectivity index (χ0v) is 12.0. The van der Waals surface area contributed by atoms with Gasteiger partial charge in [0.1, 0.15) is 4.99 Å². The monoisotopic (exact) mass is 309 g/mol. The maximum absolute atomic E-state index is 5.59. The quantitative estimate of drug-likeness (QED) is 0.868. The Kier molecular flexibility index (Phi) is 3.31. The third kappa shape index (κ3) is 2.40. The van der Waals surface area contributed by atoms with Crippen molar-refractivity contribution in [1.82, 2.24) is 9.78 Å². The highest BCUT2D eigenvalue weighted by atomic mass is 79.9. The molecule has 1 aromatic carbocycles. The number of aryl methyl sites for hydroxylation is 2. The molecule has 0 atom stereocenters. The van der Waals surface area contributed by atoms with Gasteiger partial charge in [0.05, 0.1) is 11.4 Å². The van der Waals surface area contributed by atoms with Gasteiger partial charge in [-0.2, -0.15) is 5.10 Å².